The lowest BCUT2D eigenvalue weighted by atomic mass is 10.1. The summed E-state index contributed by atoms with van der Waals surface area (Å²) in [6.45, 7) is 1.63. The summed E-state index contributed by atoms with van der Waals surface area (Å²) in [5, 5.41) is 22.8. The minimum atomic E-state index is -0.498. The summed E-state index contributed by atoms with van der Waals surface area (Å²) >= 11 is 1.35. The average Bonchev–Trinajstić information content (AvgIpc) is 3.19. The van der Waals surface area contributed by atoms with Crippen LogP contribution in [0.3, 0.4) is 0 Å². The van der Waals surface area contributed by atoms with Crippen LogP contribution < -0.4 is 5.32 Å². The molecular weight excluding hydrogens is 292 g/mol. The van der Waals surface area contributed by atoms with Gasteiger partial charge in [-0.05, 0) is 25.8 Å². The standard InChI is InChI=1S/C13H12N4O3S/c1-7-2-3-9(6-10(7)17(19)20)11(18)14-13-16-15-12(21-13)8-4-5-8/h2-3,6,8H,4-5H2,1H3,(H,14,16,18). The molecule has 0 atom stereocenters. The van der Waals surface area contributed by atoms with Gasteiger partial charge in [0, 0.05) is 23.1 Å². The Bertz CT molecular complexity index is 724. The van der Waals surface area contributed by atoms with E-state index in [-0.39, 0.29) is 11.3 Å². The van der Waals surface area contributed by atoms with Gasteiger partial charge in [0.05, 0.1) is 4.92 Å². The number of nitrogens with one attached hydrogen (secondary N) is 1. The van der Waals surface area contributed by atoms with Crippen molar-refractivity contribution in [2.45, 2.75) is 25.7 Å². The van der Waals surface area contributed by atoms with Crippen molar-refractivity contribution in [2.75, 3.05) is 5.32 Å². The summed E-state index contributed by atoms with van der Waals surface area (Å²) in [6, 6.07) is 4.39. The minimum absolute atomic E-state index is 0.0708. The van der Waals surface area contributed by atoms with Crippen LogP contribution in [0.5, 0.6) is 0 Å². The molecule has 1 saturated carbocycles. The summed E-state index contributed by atoms with van der Waals surface area (Å²) in [7, 11) is 0. The molecule has 8 heteroatoms. The fraction of sp³-hybridized carbons (Fsp3) is 0.308. The third kappa shape index (κ3) is 2.89. The summed E-state index contributed by atoms with van der Waals surface area (Å²) in [4.78, 5) is 22.5. The number of benzene rings is 1. The third-order valence-electron chi connectivity index (χ3n) is 3.26. The van der Waals surface area contributed by atoms with E-state index in [0.717, 1.165) is 17.8 Å². The first-order chi connectivity index (χ1) is 10.0. The van der Waals surface area contributed by atoms with Gasteiger partial charge in [-0.3, -0.25) is 20.2 Å². The molecule has 1 heterocycles. The topological polar surface area (TPSA) is 98.0 Å². The lowest BCUT2D eigenvalue weighted by Gasteiger charge is -2.02. The first kappa shape index (κ1) is 13.6. The number of nitro benzene ring substituents is 1. The first-order valence-corrected chi connectivity index (χ1v) is 7.26. The number of amides is 1. The Kier molecular flexibility index (Phi) is 3.38. The molecule has 0 bridgehead atoms. The highest BCUT2D eigenvalue weighted by Crippen LogP contribution is 2.42. The molecule has 21 heavy (non-hydrogen) atoms. The zero-order chi connectivity index (χ0) is 15.0. The molecule has 0 radical (unpaired) electrons. The van der Waals surface area contributed by atoms with E-state index in [1.807, 2.05) is 0 Å². The number of nitrogens with zero attached hydrogens (tertiary/aromatic N) is 3. The van der Waals surface area contributed by atoms with Crippen molar-refractivity contribution in [1.29, 1.82) is 0 Å². The van der Waals surface area contributed by atoms with Crippen LogP contribution in [0.25, 0.3) is 0 Å². The van der Waals surface area contributed by atoms with Crippen LogP contribution in [-0.4, -0.2) is 21.0 Å². The Labute approximate surface area is 124 Å². The second-order valence-electron chi connectivity index (χ2n) is 4.93. The predicted octanol–water partition coefficient (Wildman–Crippen LogP) is 2.88. The van der Waals surface area contributed by atoms with E-state index < -0.39 is 10.8 Å². The summed E-state index contributed by atoms with van der Waals surface area (Å²) in [5.74, 6) is 0.0604. The molecule has 0 unspecified atom stereocenters. The molecule has 1 fully saturated rings. The number of nitro groups is 1. The van der Waals surface area contributed by atoms with Gasteiger partial charge in [-0.25, -0.2) is 0 Å². The molecule has 1 aliphatic carbocycles. The summed E-state index contributed by atoms with van der Waals surface area (Å²) in [5.41, 5.74) is 0.678. The van der Waals surface area contributed by atoms with Crippen molar-refractivity contribution in [3.8, 4) is 0 Å². The molecule has 1 amide bonds. The Morgan fingerprint density at radius 2 is 2.19 bits per heavy atom. The van der Waals surface area contributed by atoms with Crippen molar-refractivity contribution in [3.63, 3.8) is 0 Å². The van der Waals surface area contributed by atoms with Gasteiger partial charge in [0.2, 0.25) is 5.13 Å². The molecule has 1 aromatic carbocycles. The average molecular weight is 304 g/mol. The number of carbonyl (C=O) groups excluding carboxylic acids is 1. The Morgan fingerprint density at radius 3 is 2.86 bits per heavy atom. The van der Waals surface area contributed by atoms with Crippen LogP contribution in [0.1, 0.15) is 39.7 Å². The number of aromatic nitrogens is 2. The van der Waals surface area contributed by atoms with E-state index in [0.29, 0.717) is 16.6 Å². The van der Waals surface area contributed by atoms with E-state index in [1.54, 1.807) is 19.1 Å². The van der Waals surface area contributed by atoms with E-state index in [4.69, 9.17) is 0 Å². The quantitative estimate of drug-likeness (QED) is 0.691. The normalized spacial score (nSPS) is 14.0. The number of anilines is 1. The van der Waals surface area contributed by atoms with Gasteiger partial charge in [0.25, 0.3) is 11.6 Å². The van der Waals surface area contributed by atoms with Gasteiger partial charge >= 0.3 is 0 Å². The highest BCUT2D eigenvalue weighted by Gasteiger charge is 2.27. The Hall–Kier alpha value is -2.35. The predicted molar refractivity (Wildman–Crippen MR) is 77.7 cm³/mol. The van der Waals surface area contributed by atoms with Crippen LogP contribution in [0, 0.1) is 17.0 Å². The number of hydrogen-bond donors (Lipinski definition) is 1. The van der Waals surface area contributed by atoms with Crippen LogP contribution in [-0.2, 0) is 0 Å². The van der Waals surface area contributed by atoms with E-state index in [9.17, 15) is 14.9 Å². The molecule has 0 spiro atoms. The maximum Gasteiger partial charge on any atom is 0.273 e. The maximum atomic E-state index is 12.1. The van der Waals surface area contributed by atoms with Gasteiger partial charge in [0.15, 0.2) is 0 Å². The van der Waals surface area contributed by atoms with Crippen molar-refractivity contribution in [2.24, 2.45) is 0 Å². The fourth-order valence-electron chi connectivity index (χ4n) is 1.90. The second-order valence-corrected chi connectivity index (χ2v) is 5.94. The molecule has 7 nitrogen and oxygen atoms in total. The van der Waals surface area contributed by atoms with E-state index in [2.05, 4.69) is 15.5 Å². The molecule has 2 aromatic rings. The van der Waals surface area contributed by atoms with Gasteiger partial charge in [-0.15, -0.1) is 10.2 Å². The lowest BCUT2D eigenvalue weighted by molar-refractivity contribution is -0.385. The van der Waals surface area contributed by atoms with Crippen molar-refractivity contribution < 1.29 is 9.72 Å². The maximum absolute atomic E-state index is 12.1. The Balaban J connectivity index is 1.77. The highest BCUT2D eigenvalue weighted by atomic mass is 32.1. The minimum Gasteiger partial charge on any atom is -0.296 e. The van der Waals surface area contributed by atoms with Crippen LogP contribution >= 0.6 is 11.3 Å². The van der Waals surface area contributed by atoms with Gasteiger partial charge < -0.3 is 0 Å². The van der Waals surface area contributed by atoms with E-state index in [1.165, 1.54) is 17.4 Å². The molecule has 0 aliphatic heterocycles. The van der Waals surface area contributed by atoms with Gasteiger partial charge in [-0.2, -0.15) is 0 Å². The summed E-state index contributed by atoms with van der Waals surface area (Å²) < 4.78 is 0. The van der Waals surface area contributed by atoms with Crippen LogP contribution in [0.15, 0.2) is 18.2 Å². The van der Waals surface area contributed by atoms with Crippen LogP contribution in [0.4, 0.5) is 10.8 Å². The van der Waals surface area contributed by atoms with E-state index >= 15 is 0 Å². The van der Waals surface area contributed by atoms with Crippen molar-refractivity contribution in [1.82, 2.24) is 10.2 Å². The molecular formula is C13H12N4O3S. The van der Waals surface area contributed by atoms with Gasteiger partial charge in [-0.1, -0.05) is 17.4 Å². The molecule has 108 valence electrons. The third-order valence-corrected chi connectivity index (χ3v) is 4.26. The second kappa shape index (κ2) is 5.21. The van der Waals surface area contributed by atoms with Crippen LogP contribution in [0.2, 0.25) is 0 Å². The first-order valence-electron chi connectivity index (χ1n) is 6.44. The summed E-state index contributed by atoms with van der Waals surface area (Å²) in [6.07, 6.45) is 2.24. The molecule has 1 aromatic heterocycles. The number of rotatable bonds is 4. The molecule has 3 rings (SSSR count). The molecule has 1 N–H and O–H groups in total. The van der Waals surface area contributed by atoms with Crippen molar-refractivity contribution in [3.05, 3.63) is 44.4 Å². The number of hydrogen-bond acceptors (Lipinski definition) is 6. The molecule has 0 saturated heterocycles. The van der Waals surface area contributed by atoms with Gasteiger partial charge in [0.1, 0.15) is 5.01 Å². The number of carbonyl (C=O) groups is 1. The largest absolute Gasteiger partial charge is 0.296 e. The fourth-order valence-corrected chi connectivity index (χ4v) is 2.80. The lowest BCUT2D eigenvalue weighted by Crippen LogP contribution is -2.12. The monoisotopic (exact) mass is 304 g/mol. The zero-order valence-corrected chi connectivity index (χ0v) is 12.0. The Morgan fingerprint density at radius 1 is 1.43 bits per heavy atom. The van der Waals surface area contributed by atoms with Crippen molar-refractivity contribution >= 4 is 28.1 Å². The zero-order valence-electron chi connectivity index (χ0n) is 11.2. The molecule has 1 aliphatic rings. The smallest absolute Gasteiger partial charge is 0.273 e. The number of aryl methyl sites for hydroxylation is 1. The SMILES string of the molecule is Cc1ccc(C(=O)Nc2nnc(C3CC3)s2)cc1[N+](=O)[O-]. The highest BCUT2D eigenvalue weighted by molar-refractivity contribution is 7.15.